The zero-order chi connectivity index (χ0) is 22.1. The van der Waals surface area contributed by atoms with Gasteiger partial charge in [-0.3, -0.25) is 9.59 Å². The van der Waals surface area contributed by atoms with E-state index < -0.39 is 0 Å². The molecule has 1 fully saturated rings. The van der Waals surface area contributed by atoms with Crippen molar-refractivity contribution in [3.8, 4) is 0 Å². The topological polar surface area (TPSA) is 96.8 Å². The van der Waals surface area contributed by atoms with Gasteiger partial charge in [-0.05, 0) is 30.5 Å². The van der Waals surface area contributed by atoms with E-state index in [-0.39, 0.29) is 22.9 Å². The van der Waals surface area contributed by atoms with Crippen molar-refractivity contribution in [2.45, 2.75) is 25.3 Å². The molecule has 0 saturated carbocycles. The molecule has 0 aliphatic carbocycles. The van der Waals surface area contributed by atoms with E-state index >= 15 is 0 Å². The van der Waals surface area contributed by atoms with Gasteiger partial charge >= 0.3 is 0 Å². The molecule has 2 aromatic heterocycles. The molecule has 1 unspecified atom stereocenters. The average Bonchev–Trinajstić information content (AvgIpc) is 3.23. The van der Waals surface area contributed by atoms with Gasteiger partial charge in [0.05, 0.1) is 17.1 Å². The smallest absolute Gasteiger partial charge is 0.281 e. The summed E-state index contributed by atoms with van der Waals surface area (Å²) in [7, 11) is 0. The minimum absolute atomic E-state index is 0.0904. The second-order valence-corrected chi connectivity index (χ2v) is 8.33. The molecule has 1 saturated heterocycles. The first-order chi connectivity index (χ1) is 15.6. The molecular weight excluding hydrogens is 428 g/mol. The Bertz CT molecular complexity index is 1330. The van der Waals surface area contributed by atoms with E-state index in [1.54, 1.807) is 33.8 Å². The third kappa shape index (κ3) is 3.89. The number of carbonyl (C=O) groups is 1. The lowest BCUT2D eigenvalue weighted by atomic mass is 9.96. The van der Waals surface area contributed by atoms with Crippen LogP contribution in [0.15, 0.2) is 59.4 Å². The second kappa shape index (κ2) is 8.55. The molecule has 8 nitrogen and oxygen atoms in total. The molecule has 1 amide bonds. The number of benzene rings is 2. The summed E-state index contributed by atoms with van der Waals surface area (Å²) in [5.74, 6) is 0.350. The molecule has 1 aliphatic rings. The Morgan fingerprint density at radius 2 is 1.91 bits per heavy atom. The number of piperidine rings is 1. The lowest BCUT2D eigenvalue weighted by Gasteiger charge is -2.32. The molecule has 3 heterocycles. The second-order valence-electron chi connectivity index (χ2n) is 7.93. The van der Waals surface area contributed by atoms with E-state index in [1.807, 2.05) is 30.3 Å². The molecule has 9 heteroatoms. The summed E-state index contributed by atoms with van der Waals surface area (Å²) in [6, 6.07) is 16.9. The summed E-state index contributed by atoms with van der Waals surface area (Å²) in [6.45, 7) is 1.56. The highest BCUT2D eigenvalue weighted by atomic mass is 35.5. The fourth-order valence-corrected chi connectivity index (χ4v) is 4.35. The molecule has 4 aromatic rings. The standard InChI is InChI=1S/C23H21ClN6O2/c24-18-11-5-4-10-17(18)23(32)29-12-6-9-16(14-29)20-25-21-19(22(31)26-20)27-28-30(21)13-15-7-2-1-3-8-15/h1-5,7-8,10-11,16H,6,9,12-14H2,(H,25,26,31). The molecule has 5 rings (SSSR count). The lowest BCUT2D eigenvalue weighted by molar-refractivity contribution is 0.0704. The number of H-pyrrole nitrogens is 1. The van der Waals surface area contributed by atoms with Gasteiger partial charge in [0.15, 0.2) is 11.2 Å². The maximum Gasteiger partial charge on any atom is 0.281 e. The van der Waals surface area contributed by atoms with Crippen LogP contribution in [0.2, 0.25) is 5.02 Å². The summed E-state index contributed by atoms with van der Waals surface area (Å²) in [4.78, 5) is 35.1. The summed E-state index contributed by atoms with van der Waals surface area (Å²) < 4.78 is 1.64. The Morgan fingerprint density at radius 3 is 2.72 bits per heavy atom. The Labute approximate surface area is 188 Å². The zero-order valence-electron chi connectivity index (χ0n) is 17.2. The Balaban J connectivity index is 1.44. The predicted molar refractivity (Wildman–Crippen MR) is 121 cm³/mol. The number of carbonyl (C=O) groups excluding carboxylic acids is 1. The number of hydrogen-bond acceptors (Lipinski definition) is 5. The van der Waals surface area contributed by atoms with Crippen LogP contribution in [0.1, 0.15) is 40.5 Å². The maximum absolute atomic E-state index is 13.0. The first kappa shape index (κ1) is 20.4. The number of aromatic amines is 1. The third-order valence-electron chi connectivity index (χ3n) is 5.77. The van der Waals surface area contributed by atoms with Gasteiger partial charge < -0.3 is 9.88 Å². The molecule has 0 spiro atoms. The van der Waals surface area contributed by atoms with Gasteiger partial charge in [0.1, 0.15) is 5.82 Å². The summed E-state index contributed by atoms with van der Waals surface area (Å²) >= 11 is 6.23. The van der Waals surface area contributed by atoms with Gasteiger partial charge in [-0.2, -0.15) is 0 Å². The summed E-state index contributed by atoms with van der Waals surface area (Å²) in [6.07, 6.45) is 1.63. The number of amides is 1. The molecule has 0 radical (unpaired) electrons. The summed E-state index contributed by atoms with van der Waals surface area (Å²) in [5.41, 5.74) is 1.86. The third-order valence-corrected chi connectivity index (χ3v) is 6.10. The minimum atomic E-state index is -0.320. The minimum Gasteiger partial charge on any atom is -0.338 e. The fraction of sp³-hybridized carbons (Fsp3) is 0.261. The van der Waals surface area contributed by atoms with Crippen LogP contribution in [0.5, 0.6) is 0 Å². The molecular formula is C23H21ClN6O2. The van der Waals surface area contributed by atoms with Gasteiger partial charge in [-0.25, -0.2) is 9.67 Å². The number of aromatic nitrogens is 5. The van der Waals surface area contributed by atoms with E-state index in [9.17, 15) is 9.59 Å². The van der Waals surface area contributed by atoms with Crippen molar-refractivity contribution in [3.05, 3.63) is 86.9 Å². The molecule has 1 aliphatic heterocycles. The van der Waals surface area contributed by atoms with Crippen molar-refractivity contribution in [1.82, 2.24) is 29.9 Å². The van der Waals surface area contributed by atoms with E-state index in [4.69, 9.17) is 16.6 Å². The van der Waals surface area contributed by atoms with Crippen molar-refractivity contribution >= 4 is 28.7 Å². The van der Waals surface area contributed by atoms with Gasteiger partial charge in [0, 0.05) is 19.0 Å². The van der Waals surface area contributed by atoms with Crippen molar-refractivity contribution in [1.29, 1.82) is 0 Å². The van der Waals surface area contributed by atoms with Gasteiger partial charge in [0.2, 0.25) is 0 Å². The van der Waals surface area contributed by atoms with Crippen LogP contribution in [-0.2, 0) is 6.54 Å². The zero-order valence-corrected chi connectivity index (χ0v) is 18.0. The van der Waals surface area contributed by atoms with Crippen LogP contribution in [0.4, 0.5) is 0 Å². The van der Waals surface area contributed by atoms with Crippen LogP contribution in [0.3, 0.4) is 0 Å². The van der Waals surface area contributed by atoms with Crippen molar-refractivity contribution in [2.75, 3.05) is 13.1 Å². The van der Waals surface area contributed by atoms with E-state index in [2.05, 4.69) is 15.3 Å². The first-order valence-corrected chi connectivity index (χ1v) is 10.9. The predicted octanol–water partition coefficient (Wildman–Crippen LogP) is 3.24. The van der Waals surface area contributed by atoms with Crippen LogP contribution >= 0.6 is 11.6 Å². The largest absolute Gasteiger partial charge is 0.338 e. The Hall–Kier alpha value is -3.52. The van der Waals surface area contributed by atoms with E-state index in [0.29, 0.717) is 41.7 Å². The van der Waals surface area contributed by atoms with Crippen LogP contribution < -0.4 is 5.56 Å². The maximum atomic E-state index is 13.0. The van der Waals surface area contributed by atoms with Crippen molar-refractivity contribution in [2.24, 2.45) is 0 Å². The normalized spacial score (nSPS) is 16.4. The molecule has 32 heavy (non-hydrogen) atoms. The number of hydrogen-bond donors (Lipinski definition) is 1. The van der Waals surface area contributed by atoms with Crippen molar-refractivity contribution < 1.29 is 4.79 Å². The monoisotopic (exact) mass is 448 g/mol. The summed E-state index contributed by atoms with van der Waals surface area (Å²) in [5, 5.41) is 8.59. The number of fused-ring (bicyclic) bond motifs is 1. The lowest BCUT2D eigenvalue weighted by Crippen LogP contribution is -2.40. The Morgan fingerprint density at radius 1 is 1.12 bits per heavy atom. The van der Waals surface area contributed by atoms with Gasteiger partial charge in [-0.15, -0.1) is 5.10 Å². The molecule has 1 N–H and O–H groups in total. The van der Waals surface area contributed by atoms with Crippen molar-refractivity contribution in [3.63, 3.8) is 0 Å². The number of nitrogens with one attached hydrogen (secondary N) is 1. The van der Waals surface area contributed by atoms with Crippen LogP contribution in [0, 0.1) is 0 Å². The number of rotatable bonds is 4. The highest BCUT2D eigenvalue weighted by Gasteiger charge is 2.28. The SMILES string of the molecule is O=C(c1ccccc1Cl)N1CCCC(c2nc3c(nnn3Cc3ccccc3)c(=O)[nH]2)C1. The highest BCUT2D eigenvalue weighted by molar-refractivity contribution is 6.33. The van der Waals surface area contributed by atoms with Gasteiger partial charge in [0.25, 0.3) is 11.5 Å². The van der Waals surface area contributed by atoms with E-state index in [1.165, 1.54) is 0 Å². The quantitative estimate of drug-likeness (QED) is 0.517. The highest BCUT2D eigenvalue weighted by Crippen LogP contribution is 2.27. The molecule has 162 valence electrons. The van der Waals surface area contributed by atoms with Gasteiger partial charge in [-0.1, -0.05) is 59.3 Å². The number of likely N-dealkylation sites (tertiary alicyclic amines) is 1. The first-order valence-electron chi connectivity index (χ1n) is 10.5. The van der Waals surface area contributed by atoms with Crippen LogP contribution in [-0.4, -0.2) is 48.9 Å². The molecule has 2 aromatic carbocycles. The number of halogens is 1. The molecule has 1 atom stereocenters. The Kier molecular flexibility index (Phi) is 5.45. The average molecular weight is 449 g/mol. The van der Waals surface area contributed by atoms with Crippen LogP contribution in [0.25, 0.3) is 11.2 Å². The van der Waals surface area contributed by atoms with E-state index in [0.717, 1.165) is 18.4 Å². The fourth-order valence-electron chi connectivity index (χ4n) is 4.13. The molecule has 0 bridgehead atoms. The number of nitrogens with zero attached hydrogens (tertiary/aromatic N) is 5.